The second-order valence-electron chi connectivity index (χ2n) is 2.89. The van der Waals surface area contributed by atoms with Gasteiger partial charge in [-0.05, 0) is 19.1 Å². The molecule has 0 aliphatic carbocycles. The molecule has 0 aliphatic heterocycles. The number of hydrogen-bond donors (Lipinski definition) is 0. The zero-order valence-corrected chi connectivity index (χ0v) is 8.40. The maximum absolute atomic E-state index is 11.3. The number of nitriles is 1. The Morgan fingerprint density at radius 1 is 1.53 bits per heavy atom. The van der Waals surface area contributed by atoms with Gasteiger partial charge in [0.15, 0.2) is 12.1 Å². The monoisotopic (exact) mass is 203 g/mol. The van der Waals surface area contributed by atoms with Crippen LogP contribution in [0.2, 0.25) is 0 Å². The summed E-state index contributed by atoms with van der Waals surface area (Å²) in [6, 6.07) is 4.82. The minimum Gasteiger partial charge on any atom is -0.495 e. The van der Waals surface area contributed by atoms with Crippen molar-refractivity contribution in [3.63, 3.8) is 0 Å². The second kappa shape index (κ2) is 4.38. The van der Waals surface area contributed by atoms with E-state index in [0.29, 0.717) is 12.0 Å². The molecule has 0 heterocycles. The van der Waals surface area contributed by atoms with Crippen molar-refractivity contribution in [1.82, 2.24) is 0 Å². The highest BCUT2D eigenvalue weighted by Gasteiger charge is 2.16. The molecule has 0 unspecified atom stereocenters. The first-order chi connectivity index (χ1) is 7.15. The van der Waals surface area contributed by atoms with Crippen molar-refractivity contribution < 1.29 is 14.3 Å². The predicted octanol–water partition coefficient (Wildman–Crippen LogP) is 1.58. The number of ether oxygens (including phenoxy) is 1. The van der Waals surface area contributed by atoms with E-state index in [4.69, 9.17) is 10.00 Å². The van der Waals surface area contributed by atoms with Gasteiger partial charge in [-0.25, -0.2) is 0 Å². The lowest BCUT2D eigenvalue weighted by Crippen LogP contribution is -2.04. The van der Waals surface area contributed by atoms with Crippen LogP contribution in [0.5, 0.6) is 5.75 Å². The Balaban J connectivity index is 3.60. The van der Waals surface area contributed by atoms with Gasteiger partial charge in [0.05, 0.1) is 7.11 Å². The molecule has 0 saturated heterocycles. The van der Waals surface area contributed by atoms with Crippen LogP contribution in [0.25, 0.3) is 0 Å². The minimum absolute atomic E-state index is 0.106. The van der Waals surface area contributed by atoms with E-state index < -0.39 is 0 Å². The van der Waals surface area contributed by atoms with E-state index in [1.165, 1.54) is 26.2 Å². The molecule has 0 aliphatic rings. The molecule has 1 aromatic carbocycles. The Morgan fingerprint density at radius 2 is 2.20 bits per heavy atom. The quantitative estimate of drug-likeness (QED) is 0.552. The first kappa shape index (κ1) is 10.9. The lowest BCUT2D eigenvalue weighted by Gasteiger charge is -2.07. The van der Waals surface area contributed by atoms with Crippen molar-refractivity contribution in [2.45, 2.75) is 6.92 Å². The van der Waals surface area contributed by atoms with Crippen LogP contribution in [-0.4, -0.2) is 19.2 Å². The Bertz CT molecular complexity index is 458. The number of carbonyl (C=O) groups excluding carboxylic acids is 2. The highest BCUT2D eigenvalue weighted by molar-refractivity contribution is 6.04. The molecule has 0 amide bonds. The van der Waals surface area contributed by atoms with E-state index in [1.54, 1.807) is 0 Å². The summed E-state index contributed by atoms with van der Waals surface area (Å²) in [4.78, 5) is 22.0. The van der Waals surface area contributed by atoms with Gasteiger partial charge in [-0.2, -0.15) is 5.26 Å². The fourth-order valence-electron chi connectivity index (χ4n) is 1.36. The molecule has 0 saturated carbocycles. The van der Waals surface area contributed by atoms with Gasteiger partial charge < -0.3 is 4.74 Å². The van der Waals surface area contributed by atoms with Gasteiger partial charge in [0.2, 0.25) is 0 Å². The Hall–Kier alpha value is -2.15. The van der Waals surface area contributed by atoms with Gasteiger partial charge >= 0.3 is 0 Å². The fourth-order valence-corrected chi connectivity index (χ4v) is 1.36. The van der Waals surface area contributed by atoms with Gasteiger partial charge in [0.1, 0.15) is 17.4 Å². The molecular weight excluding hydrogens is 194 g/mol. The highest BCUT2D eigenvalue weighted by Crippen LogP contribution is 2.24. The zero-order chi connectivity index (χ0) is 11.4. The van der Waals surface area contributed by atoms with Crippen LogP contribution in [0.3, 0.4) is 0 Å². The topological polar surface area (TPSA) is 67.2 Å². The molecule has 0 atom stereocenters. The molecule has 0 radical (unpaired) electrons. The van der Waals surface area contributed by atoms with Crippen molar-refractivity contribution in [2.75, 3.05) is 7.11 Å². The SMILES string of the molecule is COc1ccc(C=O)c(C(C)=O)c1C#N. The molecule has 4 nitrogen and oxygen atoms in total. The lowest BCUT2D eigenvalue weighted by atomic mass is 9.98. The summed E-state index contributed by atoms with van der Waals surface area (Å²) >= 11 is 0. The fraction of sp³-hybridized carbons (Fsp3) is 0.182. The summed E-state index contributed by atoms with van der Waals surface area (Å²) in [5, 5.41) is 8.90. The maximum Gasteiger partial charge on any atom is 0.161 e. The van der Waals surface area contributed by atoms with E-state index in [2.05, 4.69) is 0 Å². The first-order valence-electron chi connectivity index (χ1n) is 4.23. The third kappa shape index (κ3) is 1.86. The van der Waals surface area contributed by atoms with Gasteiger partial charge in [-0.3, -0.25) is 9.59 Å². The summed E-state index contributed by atoms with van der Waals surface area (Å²) in [5.41, 5.74) is 0.432. The number of nitrogens with zero attached hydrogens (tertiary/aromatic N) is 1. The lowest BCUT2D eigenvalue weighted by molar-refractivity contribution is 0.100. The maximum atomic E-state index is 11.3. The molecule has 76 valence electrons. The van der Waals surface area contributed by atoms with E-state index in [9.17, 15) is 9.59 Å². The van der Waals surface area contributed by atoms with Crippen molar-refractivity contribution in [1.29, 1.82) is 5.26 Å². The average Bonchev–Trinajstić information content (AvgIpc) is 2.26. The number of carbonyl (C=O) groups is 2. The molecular formula is C11H9NO3. The van der Waals surface area contributed by atoms with Gasteiger partial charge in [0.25, 0.3) is 0 Å². The smallest absolute Gasteiger partial charge is 0.161 e. The highest BCUT2D eigenvalue weighted by atomic mass is 16.5. The van der Waals surface area contributed by atoms with Crippen LogP contribution in [-0.2, 0) is 0 Å². The molecule has 0 spiro atoms. The van der Waals surface area contributed by atoms with Gasteiger partial charge in [-0.15, -0.1) is 0 Å². The van der Waals surface area contributed by atoms with Gasteiger partial charge in [-0.1, -0.05) is 0 Å². The summed E-state index contributed by atoms with van der Waals surface area (Å²) in [6.45, 7) is 1.31. The second-order valence-corrected chi connectivity index (χ2v) is 2.89. The molecule has 0 aromatic heterocycles. The third-order valence-electron chi connectivity index (χ3n) is 2.01. The standard InChI is InChI=1S/C11H9NO3/c1-7(14)11-8(6-13)3-4-10(15-2)9(11)5-12/h3-4,6H,1-2H3. The largest absolute Gasteiger partial charge is 0.495 e. The van der Waals surface area contributed by atoms with Crippen LogP contribution < -0.4 is 4.74 Å². The Morgan fingerprint density at radius 3 is 2.60 bits per heavy atom. The van der Waals surface area contributed by atoms with E-state index in [0.717, 1.165) is 0 Å². The molecule has 0 fully saturated rings. The average molecular weight is 203 g/mol. The number of hydrogen-bond acceptors (Lipinski definition) is 4. The van der Waals surface area contributed by atoms with Crippen molar-refractivity contribution in [3.8, 4) is 11.8 Å². The van der Waals surface area contributed by atoms with Crippen LogP contribution in [0, 0.1) is 11.3 Å². The van der Waals surface area contributed by atoms with E-state index in [-0.39, 0.29) is 22.5 Å². The van der Waals surface area contributed by atoms with Crippen LogP contribution >= 0.6 is 0 Å². The number of benzene rings is 1. The number of methoxy groups -OCH3 is 1. The normalized spacial score (nSPS) is 9.13. The minimum atomic E-state index is -0.326. The molecule has 15 heavy (non-hydrogen) atoms. The number of rotatable bonds is 3. The van der Waals surface area contributed by atoms with Gasteiger partial charge in [0, 0.05) is 11.1 Å². The van der Waals surface area contributed by atoms with Crippen LogP contribution in [0.1, 0.15) is 33.2 Å². The summed E-state index contributed by atoms with van der Waals surface area (Å²) < 4.78 is 4.94. The summed E-state index contributed by atoms with van der Waals surface area (Å²) in [6.07, 6.45) is 0.553. The Kier molecular flexibility index (Phi) is 3.19. The van der Waals surface area contributed by atoms with Crippen LogP contribution in [0.4, 0.5) is 0 Å². The van der Waals surface area contributed by atoms with E-state index >= 15 is 0 Å². The number of ketones is 1. The zero-order valence-electron chi connectivity index (χ0n) is 8.40. The number of aldehydes is 1. The molecule has 1 rings (SSSR count). The Labute approximate surface area is 87.1 Å². The number of Topliss-reactive ketones (excluding diaryl/α,β-unsaturated/α-hetero) is 1. The first-order valence-corrected chi connectivity index (χ1v) is 4.23. The van der Waals surface area contributed by atoms with Crippen LogP contribution in [0.15, 0.2) is 12.1 Å². The molecule has 0 N–H and O–H groups in total. The van der Waals surface area contributed by atoms with Crippen molar-refractivity contribution >= 4 is 12.1 Å². The summed E-state index contributed by atoms with van der Waals surface area (Å²) in [7, 11) is 1.40. The van der Waals surface area contributed by atoms with Crippen molar-refractivity contribution in [2.24, 2.45) is 0 Å². The predicted molar refractivity (Wildman–Crippen MR) is 53.1 cm³/mol. The molecule has 0 bridgehead atoms. The molecule has 1 aromatic rings. The van der Waals surface area contributed by atoms with E-state index in [1.807, 2.05) is 6.07 Å². The third-order valence-corrected chi connectivity index (χ3v) is 2.01. The summed E-state index contributed by atoms with van der Waals surface area (Å²) in [5.74, 6) is -0.0270. The molecule has 4 heteroatoms. The van der Waals surface area contributed by atoms with Crippen molar-refractivity contribution in [3.05, 3.63) is 28.8 Å².